The molecule has 0 bridgehead atoms. The van der Waals surface area contributed by atoms with E-state index in [1.165, 1.54) is 14.2 Å². The lowest BCUT2D eigenvalue weighted by Crippen LogP contribution is -2.42. The fourth-order valence-corrected chi connectivity index (χ4v) is 4.36. The van der Waals surface area contributed by atoms with Gasteiger partial charge in [-0.15, -0.1) is 0 Å². The second-order valence-electron chi connectivity index (χ2n) is 7.65. The normalized spacial score (nSPS) is 32.3. The highest BCUT2D eigenvalue weighted by Gasteiger charge is 2.45. The van der Waals surface area contributed by atoms with Crippen molar-refractivity contribution in [3.63, 3.8) is 0 Å². The molecule has 0 aliphatic carbocycles. The summed E-state index contributed by atoms with van der Waals surface area (Å²) in [5.74, 6) is 0.700. The van der Waals surface area contributed by atoms with Crippen molar-refractivity contribution in [2.45, 2.75) is 44.5 Å². The van der Waals surface area contributed by atoms with E-state index < -0.39 is 30.1 Å². The molecule has 2 aromatic carbocycles. The number of benzene rings is 2. The Hall–Kier alpha value is -2.60. The van der Waals surface area contributed by atoms with Crippen molar-refractivity contribution in [1.82, 2.24) is 0 Å². The van der Waals surface area contributed by atoms with E-state index in [4.69, 9.17) is 27.8 Å². The molecule has 3 aliphatic heterocycles. The highest BCUT2D eigenvalue weighted by Crippen LogP contribution is 2.53. The molecule has 5 atom stereocenters. The van der Waals surface area contributed by atoms with E-state index in [0.717, 1.165) is 5.56 Å². The molecular weight excluding hydrogens is 372 g/mol. The lowest BCUT2D eigenvalue weighted by atomic mass is 9.80. The Morgan fingerprint density at radius 1 is 1.17 bits per heavy atom. The van der Waals surface area contributed by atoms with Crippen molar-refractivity contribution in [3.05, 3.63) is 41.0 Å². The SMILES string of the molecule is [3H]CC([3H])(C)[C@H]1Cc2c(ccc3c2O[C@@H]2COc4cc(OC)c(OC)cc4[C@@H]2[C@]3([3H])O)O1. The van der Waals surface area contributed by atoms with Crippen LogP contribution in [0.15, 0.2) is 24.3 Å². The van der Waals surface area contributed by atoms with Crippen LogP contribution in [0, 0.1) is 5.89 Å². The number of hydrogen-bond donors (Lipinski definition) is 1. The highest BCUT2D eigenvalue weighted by molar-refractivity contribution is 5.58. The van der Waals surface area contributed by atoms with Crippen LogP contribution in [0.3, 0.4) is 0 Å². The summed E-state index contributed by atoms with van der Waals surface area (Å²) < 4.78 is 54.0. The van der Waals surface area contributed by atoms with Crippen molar-refractivity contribution in [2.75, 3.05) is 20.8 Å². The molecule has 5 rings (SSSR count). The number of methoxy groups -OCH3 is 2. The average molecular weight is 404 g/mol. The molecule has 3 aliphatic rings. The third-order valence-corrected chi connectivity index (χ3v) is 5.89. The first kappa shape index (κ1) is 15.3. The second kappa shape index (κ2) is 6.73. The van der Waals surface area contributed by atoms with Gasteiger partial charge in [-0.2, -0.15) is 0 Å². The quantitative estimate of drug-likeness (QED) is 0.843. The van der Waals surface area contributed by atoms with Gasteiger partial charge in [-0.25, -0.2) is 0 Å². The molecule has 6 heteroatoms. The minimum absolute atomic E-state index is 0.0995. The molecule has 0 aromatic heterocycles. The standard InChI is InChI=1S/C23H26O6/c1-11(2)16-8-14-15(28-16)6-5-12-22(24)21-13-7-18(25-3)19(26-4)9-17(13)27-10-20(21)29-23(12)14/h5-7,9,11,16,20-22,24H,8,10H2,1-4H3/t16-,20-,21+,22-/m1/s1/i1T,11T,22T/t11?,16-,20-,21+,22-. The van der Waals surface area contributed by atoms with Gasteiger partial charge < -0.3 is 28.8 Å². The fraction of sp³-hybridized carbons (Fsp3) is 0.478. The summed E-state index contributed by atoms with van der Waals surface area (Å²) in [6.07, 6.45) is -2.70. The Bertz CT molecular complexity index is 1070. The van der Waals surface area contributed by atoms with Crippen LogP contribution in [-0.2, 0) is 6.42 Å². The van der Waals surface area contributed by atoms with Gasteiger partial charge in [0.1, 0.15) is 36.1 Å². The molecule has 6 nitrogen and oxygen atoms in total. The Balaban J connectivity index is 1.59. The topological polar surface area (TPSA) is 66.4 Å². The maximum atomic E-state index is 11.5. The zero-order chi connectivity index (χ0) is 22.8. The van der Waals surface area contributed by atoms with Gasteiger partial charge in [0.25, 0.3) is 0 Å². The maximum absolute atomic E-state index is 11.5. The van der Waals surface area contributed by atoms with Gasteiger partial charge >= 0.3 is 0 Å². The van der Waals surface area contributed by atoms with E-state index in [2.05, 4.69) is 0 Å². The molecule has 0 amide bonds. The van der Waals surface area contributed by atoms with Crippen LogP contribution in [0.1, 0.15) is 46.6 Å². The summed E-state index contributed by atoms with van der Waals surface area (Å²) in [5, 5.41) is 11.5. The molecule has 0 radical (unpaired) electrons. The van der Waals surface area contributed by atoms with Gasteiger partial charge in [0.15, 0.2) is 11.5 Å². The zero-order valence-corrected chi connectivity index (χ0v) is 16.7. The summed E-state index contributed by atoms with van der Waals surface area (Å²) in [5.41, 5.74) is 1.69. The molecule has 2 aromatic rings. The second-order valence-corrected chi connectivity index (χ2v) is 7.65. The Morgan fingerprint density at radius 2 is 1.97 bits per heavy atom. The van der Waals surface area contributed by atoms with Gasteiger partial charge in [0.2, 0.25) is 0 Å². The van der Waals surface area contributed by atoms with E-state index in [1.807, 2.05) is 0 Å². The van der Waals surface area contributed by atoms with Crippen LogP contribution in [0.4, 0.5) is 0 Å². The highest BCUT2D eigenvalue weighted by atomic mass is 16.5. The van der Waals surface area contributed by atoms with Crippen molar-refractivity contribution >= 4 is 0 Å². The average Bonchev–Trinajstić information content (AvgIpc) is 3.23. The largest absolute Gasteiger partial charge is 0.493 e. The van der Waals surface area contributed by atoms with Gasteiger partial charge in [-0.3, -0.25) is 0 Å². The predicted molar refractivity (Wildman–Crippen MR) is 107 cm³/mol. The summed E-state index contributed by atoms with van der Waals surface area (Å²) in [4.78, 5) is 0. The molecule has 0 fully saturated rings. The molecule has 0 saturated carbocycles. The zero-order valence-electron chi connectivity index (χ0n) is 19.7. The summed E-state index contributed by atoms with van der Waals surface area (Å²) >= 11 is 0. The minimum atomic E-state index is -1.98. The Labute approximate surface area is 174 Å². The van der Waals surface area contributed by atoms with Gasteiger partial charge in [-0.05, 0) is 24.1 Å². The van der Waals surface area contributed by atoms with Crippen molar-refractivity contribution in [2.24, 2.45) is 5.89 Å². The van der Waals surface area contributed by atoms with Crippen LogP contribution in [0.5, 0.6) is 28.7 Å². The summed E-state index contributed by atoms with van der Waals surface area (Å²) in [6.45, 7) is 1.73. The third kappa shape index (κ3) is 2.73. The fourth-order valence-electron chi connectivity index (χ4n) is 4.36. The van der Waals surface area contributed by atoms with Crippen LogP contribution >= 0.6 is 0 Å². The third-order valence-electron chi connectivity index (χ3n) is 5.89. The molecule has 29 heavy (non-hydrogen) atoms. The van der Waals surface area contributed by atoms with Crippen molar-refractivity contribution in [3.8, 4) is 28.7 Å². The number of aliphatic hydroxyl groups is 1. The molecule has 1 N–H and O–H groups in total. The maximum Gasteiger partial charge on any atom is 0.164 e. The Morgan fingerprint density at radius 3 is 2.72 bits per heavy atom. The molecule has 3 heterocycles. The van der Waals surface area contributed by atoms with Crippen LogP contribution in [0.25, 0.3) is 0 Å². The van der Waals surface area contributed by atoms with Crippen molar-refractivity contribution < 1.29 is 32.9 Å². The number of rotatable bonds is 3. The molecular formula is C23H26O6. The number of ether oxygens (including phenoxy) is 5. The monoisotopic (exact) mass is 404 g/mol. The van der Waals surface area contributed by atoms with Crippen LogP contribution < -0.4 is 23.7 Å². The summed E-state index contributed by atoms with van der Waals surface area (Å²) in [6, 6.07) is 6.79. The van der Waals surface area contributed by atoms with Gasteiger partial charge in [0.05, 0.1) is 27.6 Å². The van der Waals surface area contributed by atoms with E-state index in [9.17, 15) is 5.11 Å². The van der Waals surface area contributed by atoms with E-state index in [0.29, 0.717) is 46.3 Å². The van der Waals surface area contributed by atoms with Gasteiger partial charge in [0, 0.05) is 31.9 Å². The Kier molecular flexibility index (Phi) is 3.54. The van der Waals surface area contributed by atoms with E-state index in [-0.39, 0.29) is 13.5 Å². The molecule has 1 unspecified atom stereocenters. The molecule has 154 valence electrons. The van der Waals surface area contributed by atoms with Crippen LogP contribution in [0.2, 0.25) is 0 Å². The van der Waals surface area contributed by atoms with Crippen LogP contribution in [-0.4, -0.2) is 38.1 Å². The van der Waals surface area contributed by atoms with E-state index in [1.54, 1.807) is 31.2 Å². The lowest BCUT2D eigenvalue weighted by molar-refractivity contribution is 0.000779. The summed E-state index contributed by atoms with van der Waals surface area (Å²) in [7, 11) is 3.07. The lowest BCUT2D eigenvalue weighted by Gasteiger charge is -2.41. The molecule has 0 spiro atoms. The first-order valence-electron chi connectivity index (χ1n) is 11.3. The van der Waals surface area contributed by atoms with Gasteiger partial charge in [-0.1, -0.05) is 13.8 Å². The molecule has 0 saturated heterocycles. The smallest absolute Gasteiger partial charge is 0.164 e. The van der Waals surface area contributed by atoms with E-state index >= 15 is 0 Å². The first-order valence-corrected chi connectivity index (χ1v) is 9.61. The first-order chi connectivity index (χ1) is 15.2. The minimum Gasteiger partial charge on any atom is -0.493 e. The number of fused-ring (bicyclic) bond motifs is 6. The predicted octanol–water partition coefficient (Wildman–Crippen LogP) is 3.63. The van der Waals surface area contributed by atoms with Crippen molar-refractivity contribution in [1.29, 1.82) is 0 Å². The number of hydrogen-bond acceptors (Lipinski definition) is 6.